The summed E-state index contributed by atoms with van der Waals surface area (Å²) in [5.74, 6) is 1.16. The van der Waals surface area contributed by atoms with Gasteiger partial charge in [-0.15, -0.1) is 0 Å². The molecule has 0 bridgehead atoms. The van der Waals surface area contributed by atoms with Crippen LogP contribution in [0.3, 0.4) is 0 Å². The molecular weight excluding hydrogens is 250 g/mol. The Morgan fingerprint density at radius 1 is 1.35 bits per heavy atom. The van der Waals surface area contributed by atoms with Crippen LogP contribution in [0.2, 0.25) is 0 Å². The summed E-state index contributed by atoms with van der Waals surface area (Å²) in [5.41, 5.74) is 2.03. The van der Waals surface area contributed by atoms with Gasteiger partial charge in [-0.05, 0) is 25.5 Å². The summed E-state index contributed by atoms with van der Waals surface area (Å²) in [5, 5.41) is 3.41. The zero-order valence-electron chi connectivity index (χ0n) is 12.3. The minimum Gasteiger partial charge on any atom is -0.314 e. The molecule has 1 saturated heterocycles. The predicted molar refractivity (Wildman–Crippen MR) is 80.7 cm³/mol. The van der Waals surface area contributed by atoms with Crippen LogP contribution in [0.15, 0.2) is 18.3 Å². The lowest BCUT2D eigenvalue weighted by Crippen LogP contribution is -2.45. The minimum absolute atomic E-state index is 0.345. The Morgan fingerprint density at radius 3 is 2.90 bits per heavy atom. The minimum atomic E-state index is 0.345. The third-order valence-corrected chi connectivity index (χ3v) is 4.05. The lowest BCUT2D eigenvalue weighted by atomic mass is 10.2. The van der Waals surface area contributed by atoms with Crippen molar-refractivity contribution in [3.63, 3.8) is 0 Å². The van der Waals surface area contributed by atoms with Gasteiger partial charge in [0.25, 0.3) is 0 Å². The van der Waals surface area contributed by atoms with Crippen LogP contribution in [0.1, 0.15) is 32.1 Å². The number of aromatic nitrogens is 3. The quantitative estimate of drug-likeness (QED) is 0.923. The molecule has 2 aromatic rings. The average Bonchev–Trinajstić information content (AvgIpc) is 2.87. The van der Waals surface area contributed by atoms with Gasteiger partial charge in [-0.25, -0.2) is 9.97 Å². The van der Waals surface area contributed by atoms with Crippen molar-refractivity contribution in [1.29, 1.82) is 0 Å². The number of piperazine rings is 1. The number of nitrogens with zero attached hydrogens (tertiary/aromatic N) is 4. The number of hydrogen-bond acceptors (Lipinski definition) is 4. The van der Waals surface area contributed by atoms with Gasteiger partial charge in [0.1, 0.15) is 11.3 Å². The summed E-state index contributed by atoms with van der Waals surface area (Å²) in [7, 11) is 0. The molecule has 0 aromatic carbocycles. The summed E-state index contributed by atoms with van der Waals surface area (Å²) in [6.45, 7) is 9.76. The molecule has 2 aromatic heterocycles. The molecule has 108 valence electrons. The van der Waals surface area contributed by atoms with Crippen LogP contribution in [0.5, 0.6) is 0 Å². The van der Waals surface area contributed by atoms with Crippen molar-refractivity contribution in [3.05, 3.63) is 24.2 Å². The Hall–Kier alpha value is -1.46. The fraction of sp³-hybridized carbons (Fsp3) is 0.600. The second-order valence-electron chi connectivity index (χ2n) is 5.43. The van der Waals surface area contributed by atoms with E-state index in [9.17, 15) is 0 Å². The van der Waals surface area contributed by atoms with Gasteiger partial charge in [0.15, 0.2) is 5.65 Å². The van der Waals surface area contributed by atoms with Gasteiger partial charge in [0.05, 0.1) is 6.04 Å². The monoisotopic (exact) mass is 273 g/mol. The van der Waals surface area contributed by atoms with E-state index in [1.54, 1.807) is 0 Å². The molecular formula is C15H23N5. The molecule has 5 nitrogen and oxygen atoms in total. The van der Waals surface area contributed by atoms with Gasteiger partial charge in [-0.1, -0.05) is 6.92 Å². The number of aryl methyl sites for hydroxylation is 1. The largest absolute Gasteiger partial charge is 0.314 e. The van der Waals surface area contributed by atoms with E-state index in [1.807, 2.05) is 12.3 Å². The van der Waals surface area contributed by atoms with E-state index in [0.717, 1.165) is 56.1 Å². The molecule has 20 heavy (non-hydrogen) atoms. The van der Waals surface area contributed by atoms with Crippen molar-refractivity contribution in [2.24, 2.45) is 0 Å². The number of imidazole rings is 1. The van der Waals surface area contributed by atoms with Gasteiger partial charge in [0, 0.05) is 38.9 Å². The first-order valence-electron chi connectivity index (χ1n) is 7.57. The zero-order chi connectivity index (χ0) is 13.9. The molecule has 1 N–H and O–H groups in total. The Morgan fingerprint density at radius 2 is 2.15 bits per heavy atom. The number of pyridine rings is 1. The first-order valence-corrected chi connectivity index (χ1v) is 7.57. The summed E-state index contributed by atoms with van der Waals surface area (Å²) < 4.78 is 2.29. The maximum absolute atomic E-state index is 4.84. The van der Waals surface area contributed by atoms with Crippen molar-refractivity contribution in [3.8, 4) is 0 Å². The second kappa shape index (κ2) is 5.89. The molecule has 3 rings (SSSR count). The first kappa shape index (κ1) is 13.5. The summed E-state index contributed by atoms with van der Waals surface area (Å²) >= 11 is 0. The van der Waals surface area contributed by atoms with E-state index < -0.39 is 0 Å². The molecule has 1 fully saturated rings. The molecule has 0 saturated carbocycles. The Labute approximate surface area is 120 Å². The smallest absolute Gasteiger partial charge is 0.160 e. The van der Waals surface area contributed by atoms with Crippen LogP contribution in [-0.4, -0.2) is 45.6 Å². The summed E-state index contributed by atoms with van der Waals surface area (Å²) in [6, 6.07) is 4.37. The van der Waals surface area contributed by atoms with Gasteiger partial charge < -0.3 is 9.88 Å². The maximum Gasteiger partial charge on any atom is 0.160 e. The van der Waals surface area contributed by atoms with Crippen molar-refractivity contribution in [2.45, 2.75) is 32.9 Å². The fourth-order valence-corrected chi connectivity index (χ4v) is 2.97. The maximum atomic E-state index is 4.84. The van der Waals surface area contributed by atoms with E-state index >= 15 is 0 Å². The molecule has 1 unspecified atom stereocenters. The highest BCUT2D eigenvalue weighted by Crippen LogP contribution is 2.24. The van der Waals surface area contributed by atoms with E-state index in [0.29, 0.717) is 6.04 Å². The van der Waals surface area contributed by atoms with Crippen molar-refractivity contribution >= 4 is 11.2 Å². The third kappa shape index (κ3) is 2.43. The zero-order valence-corrected chi connectivity index (χ0v) is 12.3. The Kier molecular flexibility index (Phi) is 3.98. The molecule has 1 atom stereocenters. The van der Waals surface area contributed by atoms with Gasteiger partial charge >= 0.3 is 0 Å². The standard InChI is InChI=1S/C15H23N5/c1-3-9-20-14(12(2)19-10-7-16-8-11-19)18-13-5-4-6-17-15(13)20/h4-6,12,16H,3,7-11H2,1-2H3. The van der Waals surface area contributed by atoms with E-state index in [-0.39, 0.29) is 0 Å². The number of nitrogens with one attached hydrogen (secondary N) is 1. The third-order valence-electron chi connectivity index (χ3n) is 4.05. The highest BCUT2D eigenvalue weighted by atomic mass is 15.3. The lowest BCUT2D eigenvalue weighted by Gasteiger charge is -2.32. The number of rotatable bonds is 4. The lowest BCUT2D eigenvalue weighted by molar-refractivity contribution is 0.176. The van der Waals surface area contributed by atoms with Crippen molar-refractivity contribution < 1.29 is 0 Å². The van der Waals surface area contributed by atoms with Crippen LogP contribution in [0.25, 0.3) is 11.2 Å². The average molecular weight is 273 g/mol. The SMILES string of the molecule is CCCn1c(C(C)N2CCNCC2)nc2cccnc21. The van der Waals surface area contributed by atoms with Crippen LogP contribution in [0.4, 0.5) is 0 Å². The topological polar surface area (TPSA) is 46.0 Å². The van der Waals surface area contributed by atoms with Crippen molar-refractivity contribution in [1.82, 2.24) is 24.8 Å². The highest BCUT2D eigenvalue weighted by Gasteiger charge is 2.23. The Balaban J connectivity index is 1.98. The summed E-state index contributed by atoms with van der Waals surface area (Å²) in [4.78, 5) is 11.9. The molecule has 3 heterocycles. The van der Waals surface area contributed by atoms with E-state index in [2.05, 4.69) is 39.7 Å². The molecule has 0 spiro atoms. The second-order valence-corrected chi connectivity index (χ2v) is 5.43. The first-order chi connectivity index (χ1) is 9.81. The molecule has 0 aliphatic carbocycles. The normalized spacial score (nSPS) is 18.5. The van der Waals surface area contributed by atoms with Crippen LogP contribution >= 0.6 is 0 Å². The van der Waals surface area contributed by atoms with Gasteiger partial charge in [-0.2, -0.15) is 0 Å². The number of fused-ring (bicyclic) bond motifs is 1. The fourth-order valence-electron chi connectivity index (χ4n) is 2.97. The van der Waals surface area contributed by atoms with E-state index in [1.165, 1.54) is 0 Å². The Bertz CT molecular complexity index is 571. The molecule has 0 amide bonds. The molecule has 0 radical (unpaired) electrons. The van der Waals surface area contributed by atoms with Gasteiger partial charge in [-0.3, -0.25) is 4.90 Å². The van der Waals surface area contributed by atoms with Crippen LogP contribution in [0, 0.1) is 0 Å². The van der Waals surface area contributed by atoms with Crippen molar-refractivity contribution in [2.75, 3.05) is 26.2 Å². The summed E-state index contributed by atoms with van der Waals surface area (Å²) in [6.07, 6.45) is 2.96. The highest BCUT2D eigenvalue weighted by molar-refractivity contribution is 5.71. The molecule has 1 aliphatic heterocycles. The van der Waals surface area contributed by atoms with E-state index in [4.69, 9.17) is 4.98 Å². The molecule has 1 aliphatic rings. The van der Waals surface area contributed by atoms with Gasteiger partial charge in [0.2, 0.25) is 0 Å². The van der Waals surface area contributed by atoms with Crippen LogP contribution < -0.4 is 5.32 Å². The number of hydrogen-bond donors (Lipinski definition) is 1. The van der Waals surface area contributed by atoms with Crippen LogP contribution in [-0.2, 0) is 6.54 Å². The predicted octanol–water partition coefficient (Wildman–Crippen LogP) is 1.81. The molecule has 5 heteroatoms.